The Balaban J connectivity index is 1.66. The molecule has 1 heterocycles. The van der Waals surface area contributed by atoms with Crippen LogP contribution in [0.2, 0.25) is 0 Å². The molecule has 4 heteroatoms. The quantitative estimate of drug-likeness (QED) is 0.617. The van der Waals surface area contributed by atoms with Crippen molar-refractivity contribution < 1.29 is 9.47 Å². The van der Waals surface area contributed by atoms with Crippen LogP contribution in [0, 0.1) is 6.92 Å². The van der Waals surface area contributed by atoms with Crippen molar-refractivity contribution in [1.82, 2.24) is 5.32 Å². The van der Waals surface area contributed by atoms with Gasteiger partial charge in [0.05, 0.1) is 12.7 Å². The highest BCUT2D eigenvalue weighted by atomic mass is 16.5. The molecule has 1 aromatic rings. The van der Waals surface area contributed by atoms with E-state index in [9.17, 15) is 0 Å². The maximum atomic E-state index is 5.77. The molecule has 0 bridgehead atoms. The van der Waals surface area contributed by atoms with Crippen molar-refractivity contribution in [3.8, 4) is 5.75 Å². The second kappa shape index (κ2) is 6.61. The van der Waals surface area contributed by atoms with E-state index in [1.165, 1.54) is 0 Å². The Morgan fingerprint density at radius 3 is 2.78 bits per heavy atom. The van der Waals surface area contributed by atoms with Crippen molar-refractivity contribution in [2.75, 3.05) is 32.0 Å². The van der Waals surface area contributed by atoms with E-state index >= 15 is 0 Å². The zero-order valence-electron chi connectivity index (χ0n) is 10.9. The summed E-state index contributed by atoms with van der Waals surface area (Å²) < 4.78 is 11.4. The van der Waals surface area contributed by atoms with Crippen LogP contribution in [0.5, 0.6) is 5.75 Å². The zero-order valence-corrected chi connectivity index (χ0v) is 10.9. The lowest BCUT2D eigenvalue weighted by molar-refractivity contribution is 0.0168. The summed E-state index contributed by atoms with van der Waals surface area (Å²) in [5.41, 5.74) is 7.60. The normalized spacial score (nSPS) is 16.7. The predicted octanol–water partition coefficient (Wildman–Crippen LogP) is 1.72. The van der Waals surface area contributed by atoms with E-state index in [-0.39, 0.29) is 0 Å². The van der Waals surface area contributed by atoms with Gasteiger partial charge >= 0.3 is 0 Å². The van der Waals surface area contributed by atoms with Crippen molar-refractivity contribution in [2.45, 2.75) is 25.9 Å². The number of nitrogen functional groups attached to an aromatic ring is 1. The topological polar surface area (TPSA) is 56.5 Å². The molecular weight excluding hydrogens is 228 g/mol. The van der Waals surface area contributed by atoms with E-state index in [2.05, 4.69) is 5.32 Å². The van der Waals surface area contributed by atoms with Crippen molar-refractivity contribution >= 4 is 5.69 Å². The average Bonchev–Trinajstić information content (AvgIpc) is 2.40. The largest absolute Gasteiger partial charge is 0.491 e. The Morgan fingerprint density at radius 2 is 2.06 bits per heavy atom. The van der Waals surface area contributed by atoms with Gasteiger partial charge in [-0.05, 0) is 56.6 Å². The third-order valence-electron chi connectivity index (χ3n) is 3.23. The van der Waals surface area contributed by atoms with Gasteiger partial charge in [0, 0.05) is 5.69 Å². The van der Waals surface area contributed by atoms with E-state index in [1.807, 2.05) is 25.1 Å². The smallest absolute Gasteiger partial charge is 0.119 e. The van der Waals surface area contributed by atoms with Gasteiger partial charge in [0.2, 0.25) is 0 Å². The molecule has 3 N–H and O–H groups in total. The number of ether oxygens (including phenoxy) is 2. The standard InChI is InChI=1S/C14H22N2O2/c1-11-10-13(2-3-14(11)15)18-9-8-17-12-4-6-16-7-5-12/h2-3,10,12,16H,4-9,15H2,1H3. The third kappa shape index (κ3) is 3.89. The number of aryl methyl sites for hydroxylation is 1. The molecule has 0 saturated carbocycles. The van der Waals surface area contributed by atoms with Crippen LogP contribution in [-0.2, 0) is 4.74 Å². The summed E-state index contributed by atoms with van der Waals surface area (Å²) in [6, 6.07) is 5.73. The second-order valence-corrected chi connectivity index (χ2v) is 4.69. The second-order valence-electron chi connectivity index (χ2n) is 4.69. The lowest BCUT2D eigenvalue weighted by Crippen LogP contribution is -2.33. The molecule has 1 aromatic carbocycles. The van der Waals surface area contributed by atoms with Crippen molar-refractivity contribution in [3.05, 3.63) is 23.8 Å². The molecule has 1 aliphatic heterocycles. The first-order valence-electron chi connectivity index (χ1n) is 6.57. The summed E-state index contributed by atoms with van der Waals surface area (Å²) in [6.45, 7) is 5.33. The predicted molar refractivity (Wildman–Crippen MR) is 72.9 cm³/mol. The van der Waals surface area contributed by atoms with E-state index in [1.54, 1.807) is 0 Å². The van der Waals surface area contributed by atoms with Gasteiger partial charge in [-0.15, -0.1) is 0 Å². The third-order valence-corrected chi connectivity index (χ3v) is 3.23. The Hall–Kier alpha value is -1.26. The molecular formula is C14H22N2O2. The highest BCUT2D eigenvalue weighted by Crippen LogP contribution is 2.18. The molecule has 1 saturated heterocycles. The van der Waals surface area contributed by atoms with Crippen LogP contribution < -0.4 is 15.8 Å². The lowest BCUT2D eigenvalue weighted by Gasteiger charge is -2.22. The van der Waals surface area contributed by atoms with E-state index in [0.717, 1.165) is 42.9 Å². The molecule has 2 rings (SSSR count). The van der Waals surface area contributed by atoms with Crippen molar-refractivity contribution in [2.24, 2.45) is 0 Å². The van der Waals surface area contributed by atoms with Gasteiger partial charge in [-0.2, -0.15) is 0 Å². The molecule has 0 aromatic heterocycles. The minimum atomic E-state index is 0.392. The first-order chi connectivity index (χ1) is 8.75. The SMILES string of the molecule is Cc1cc(OCCOC2CCNCC2)ccc1N. The van der Waals surface area contributed by atoms with Crippen LogP contribution in [0.25, 0.3) is 0 Å². The monoisotopic (exact) mass is 250 g/mol. The minimum absolute atomic E-state index is 0.392. The van der Waals surface area contributed by atoms with E-state index in [0.29, 0.717) is 19.3 Å². The number of benzene rings is 1. The molecule has 4 nitrogen and oxygen atoms in total. The van der Waals surface area contributed by atoms with Crippen molar-refractivity contribution in [1.29, 1.82) is 0 Å². The van der Waals surface area contributed by atoms with Crippen molar-refractivity contribution in [3.63, 3.8) is 0 Å². The highest BCUT2D eigenvalue weighted by molar-refractivity contribution is 5.49. The number of rotatable bonds is 5. The number of hydrogen-bond donors (Lipinski definition) is 2. The summed E-state index contributed by atoms with van der Waals surface area (Å²) in [5, 5.41) is 3.32. The number of anilines is 1. The molecule has 0 atom stereocenters. The Bertz CT molecular complexity index is 376. The van der Waals surface area contributed by atoms with Crippen LogP contribution in [0.4, 0.5) is 5.69 Å². The summed E-state index contributed by atoms with van der Waals surface area (Å²) >= 11 is 0. The van der Waals surface area contributed by atoms with Crippen LogP contribution >= 0.6 is 0 Å². The van der Waals surface area contributed by atoms with Gasteiger partial charge in [-0.3, -0.25) is 0 Å². The first kappa shape index (κ1) is 13.2. The number of nitrogens with two attached hydrogens (primary N) is 1. The van der Waals surface area contributed by atoms with Gasteiger partial charge in [0.1, 0.15) is 12.4 Å². The van der Waals surface area contributed by atoms with Gasteiger partial charge in [0.15, 0.2) is 0 Å². The fourth-order valence-electron chi connectivity index (χ4n) is 2.07. The van der Waals surface area contributed by atoms with Crippen LogP contribution in [-0.4, -0.2) is 32.4 Å². The van der Waals surface area contributed by atoms with Crippen LogP contribution in [0.3, 0.4) is 0 Å². The number of nitrogens with one attached hydrogen (secondary N) is 1. The van der Waals surface area contributed by atoms with E-state index in [4.69, 9.17) is 15.2 Å². The average molecular weight is 250 g/mol. The summed E-state index contributed by atoms with van der Waals surface area (Å²) in [7, 11) is 0. The Morgan fingerprint density at radius 1 is 1.28 bits per heavy atom. The first-order valence-corrected chi connectivity index (χ1v) is 6.57. The summed E-state index contributed by atoms with van der Waals surface area (Å²) in [6.07, 6.45) is 2.59. The molecule has 0 unspecified atom stereocenters. The molecule has 18 heavy (non-hydrogen) atoms. The van der Waals surface area contributed by atoms with E-state index < -0.39 is 0 Å². The maximum Gasteiger partial charge on any atom is 0.119 e. The highest BCUT2D eigenvalue weighted by Gasteiger charge is 2.12. The Labute approximate surface area is 108 Å². The molecule has 0 radical (unpaired) electrons. The zero-order chi connectivity index (χ0) is 12.8. The van der Waals surface area contributed by atoms with Crippen LogP contribution in [0.15, 0.2) is 18.2 Å². The molecule has 100 valence electrons. The lowest BCUT2D eigenvalue weighted by atomic mass is 10.1. The summed E-state index contributed by atoms with van der Waals surface area (Å²) in [4.78, 5) is 0. The minimum Gasteiger partial charge on any atom is -0.491 e. The fraction of sp³-hybridized carbons (Fsp3) is 0.571. The molecule has 0 amide bonds. The maximum absolute atomic E-state index is 5.77. The van der Waals surface area contributed by atoms with Gasteiger partial charge in [-0.1, -0.05) is 0 Å². The molecule has 0 aliphatic carbocycles. The Kier molecular flexibility index (Phi) is 4.84. The van der Waals surface area contributed by atoms with Crippen LogP contribution in [0.1, 0.15) is 18.4 Å². The number of piperidine rings is 1. The number of hydrogen-bond acceptors (Lipinski definition) is 4. The van der Waals surface area contributed by atoms with Gasteiger partial charge < -0.3 is 20.5 Å². The van der Waals surface area contributed by atoms with Gasteiger partial charge in [0.25, 0.3) is 0 Å². The fourth-order valence-corrected chi connectivity index (χ4v) is 2.07. The molecule has 1 aliphatic rings. The molecule has 1 fully saturated rings. The summed E-state index contributed by atoms with van der Waals surface area (Å²) in [5.74, 6) is 0.857. The van der Waals surface area contributed by atoms with Gasteiger partial charge in [-0.25, -0.2) is 0 Å². The molecule has 0 spiro atoms.